The number of rotatable bonds is 2. The normalized spacial score (nSPS) is 10.7. The summed E-state index contributed by atoms with van der Waals surface area (Å²) in [7, 11) is 0. The van der Waals surface area contributed by atoms with E-state index in [-0.39, 0.29) is 0 Å². The Kier molecular flexibility index (Phi) is 3.61. The van der Waals surface area contributed by atoms with E-state index in [1.165, 1.54) is 11.3 Å². The minimum atomic E-state index is 0.473. The molecule has 0 radical (unpaired) electrons. The summed E-state index contributed by atoms with van der Waals surface area (Å²) in [5.41, 5.74) is 8.69. The highest BCUT2D eigenvalue weighted by Gasteiger charge is 2.14. The van der Waals surface area contributed by atoms with Gasteiger partial charge in [0.15, 0.2) is 5.82 Å². The van der Waals surface area contributed by atoms with Crippen molar-refractivity contribution in [3.05, 3.63) is 51.3 Å². The molecule has 1 aromatic carbocycles. The Morgan fingerprint density at radius 3 is 2.50 bits per heavy atom. The second-order valence-electron chi connectivity index (χ2n) is 4.10. The monoisotopic (exact) mass is 321 g/mol. The Bertz CT molecular complexity index is 756. The number of thiophene rings is 1. The molecule has 3 nitrogen and oxygen atoms in total. The second-order valence-corrected chi connectivity index (χ2v) is 6.39. The molecule has 0 spiro atoms. The zero-order valence-electron chi connectivity index (χ0n) is 10.2. The van der Waals surface area contributed by atoms with Crippen molar-refractivity contribution in [2.45, 2.75) is 0 Å². The van der Waals surface area contributed by atoms with E-state index >= 15 is 0 Å². The lowest BCUT2D eigenvalue weighted by Crippen LogP contribution is -1.97. The number of aromatic nitrogens is 2. The maximum atomic E-state index is 6.17. The van der Waals surface area contributed by atoms with Crippen molar-refractivity contribution in [3.63, 3.8) is 0 Å². The van der Waals surface area contributed by atoms with E-state index in [0.29, 0.717) is 25.9 Å². The van der Waals surface area contributed by atoms with Gasteiger partial charge in [-0.25, -0.2) is 9.97 Å². The number of halogens is 2. The molecular formula is C14H9Cl2N3S. The van der Waals surface area contributed by atoms with Crippen LogP contribution in [0.15, 0.2) is 42.6 Å². The van der Waals surface area contributed by atoms with Crippen molar-refractivity contribution < 1.29 is 0 Å². The molecule has 2 N–H and O–H groups in total. The molecule has 2 aromatic heterocycles. The highest BCUT2D eigenvalue weighted by Crippen LogP contribution is 2.39. The van der Waals surface area contributed by atoms with Gasteiger partial charge in [-0.15, -0.1) is 11.3 Å². The molecule has 20 heavy (non-hydrogen) atoms. The first-order valence-electron chi connectivity index (χ1n) is 5.78. The molecule has 0 aliphatic carbocycles. The molecule has 0 bridgehead atoms. The number of nitrogens with zero attached hydrogens (tertiary/aromatic N) is 2. The van der Waals surface area contributed by atoms with Crippen molar-refractivity contribution in [1.29, 1.82) is 0 Å². The van der Waals surface area contributed by atoms with Gasteiger partial charge in [0.1, 0.15) is 4.34 Å². The van der Waals surface area contributed by atoms with Crippen LogP contribution in [0.3, 0.4) is 0 Å². The average molecular weight is 322 g/mol. The Morgan fingerprint density at radius 1 is 1.10 bits per heavy atom. The smallest absolute Gasteiger partial charge is 0.159 e. The van der Waals surface area contributed by atoms with Crippen molar-refractivity contribution in [1.82, 2.24) is 9.97 Å². The minimum Gasteiger partial charge on any atom is -0.396 e. The second kappa shape index (κ2) is 5.40. The van der Waals surface area contributed by atoms with Crippen LogP contribution in [-0.4, -0.2) is 9.97 Å². The zero-order chi connectivity index (χ0) is 14.1. The summed E-state index contributed by atoms with van der Waals surface area (Å²) in [4.78, 5) is 8.78. The molecule has 6 heteroatoms. The quantitative estimate of drug-likeness (QED) is 0.740. The topological polar surface area (TPSA) is 51.8 Å². The fourth-order valence-corrected chi connectivity index (χ4v) is 3.30. The third-order valence-corrected chi connectivity index (χ3v) is 4.25. The molecular weight excluding hydrogens is 313 g/mol. The van der Waals surface area contributed by atoms with Gasteiger partial charge in [0.2, 0.25) is 0 Å². The van der Waals surface area contributed by atoms with E-state index in [2.05, 4.69) is 9.97 Å². The predicted octanol–water partition coefficient (Wildman–Crippen LogP) is 4.76. The van der Waals surface area contributed by atoms with E-state index in [1.807, 2.05) is 30.3 Å². The van der Waals surface area contributed by atoms with Crippen LogP contribution >= 0.6 is 34.5 Å². The van der Waals surface area contributed by atoms with Crippen LogP contribution in [0.4, 0.5) is 5.69 Å². The highest BCUT2D eigenvalue weighted by molar-refractivity contribution is 7.20. The van der Waals surface area contributed by atoms with Gasteiger partial charge in [0, 0.05) is 11.1 Å². The van der Waals surface area contributed by atoms with E-state index in [1.54, 1.807) is 12.3 Å². The first-order chi connectivity index (χ1) is 9.65. The Hall–Kier alpha value is -1.62. The molecule has 0 aliphatic heterocycles. The zero-order valence-corrected chi connectivity index (χ0v) is 12.5. The molecule has 0 amide bonds. The van der Waals surface area contributed by atoms with Crippen molar-refractivity contribution in [2.75, 3.05) is 5.73 Å². The SMILES string of the molecule is Nc1cnc(-c2ccccc2)nc1-c1cc(Cl)sc1Cl. The maximum absolute atomic E-state index is 6.17. The number of benzene rings is 1. The van der Waals surface area contributed by atoms with E-state index in [0.717, 1.165) is 11.1 Å². The van der Waals surface area contributed by atoms with Crippen LogP contribution in [0.1, 0.15) is 0 Å². The van der Waals surface area contributed by atoms with Gasteiger partial charge in [-0.3, -0.25) is 0 Å². The standard InChI is InChI=1S/C14H9Cl2N3S/c15-11-6-9(13(16)20-11)12-10(17)7-18-14(19-12)8-4-2-1-3-5-8/h1-7H,17H2. The summed E-state index contributed by atoms with van der Waals surface area (Å²) in [5, 5.41) is 0. The van der Waals surface area contributed by atoms with Crippen LogP contribution in [0.5, 0.6) is 0 Å². The summed E-state index contributed by atoms with van der Waals surface area (Å²) in [5.74, 6) is 0.605. The molecule has 0 saturated heterocycles. The van der Waals surface area contributed by atoms with Crippen molar-refractivity contribution in [3.8, 4) is 22.6 Å². The average Bonchev–Trinajstić information content (AvgIpc) is 2.79. The largest absolute Gasteiger partial charge is 0.396 e. The van der Waals surface area contributed by atoms with Crippen LogP contribution in [0.2, 0.25) is 8.67 Å². The van der Waals surface area contributed by atoms with Crippen molar-refractivity contribution in [2.24, 2.45) is 0 Å². The summed E-state index contributed by atoms with van der Waals surface area (Å²) in [6.07, 6.45) is 1.59. The summed E-state index contributed by atoms with van der Waals surface area (Å²) < 4.78 is 1.17. The molecule has 3 rings (SSSR count). The number of nitrogens with two attached hydrogens (primary N) is 1. The summed E-state index contributed by atoms with van der Waals surface area (Å²) >= 11 is 13.4. The molecule has 100 valence electrons. The number of anilines is 1. The number of hydrogen-bond acceptors (Lipinski definition) is 4. The van der Waals surface area contributed by atoms with Gasteiger partial charge >= 0.3 is 0 Å². The lowest BCUT2D eigenvalue weighted by atomic mass is 10.1. The maximum Gasteiger partial charge on any atom is 0.159 e. The van der Waals surface area contributed by atoms with Gasteiger partial charge in [0.25, 0.3) is 0 Å². The van der Waals surface area contributed by atoms with Crippen molar-refractivity contribution >= 4 is 40.2 Å². The molecule has 0 saturated carbocycles. The van der Waals surface area contributed by atoms with Gasteiger partial charge in [0.05, 0.1) is 21.9 Å². The predicted molar refractivity (Wildman–Crippen MR) is 85.2 cm³/mol. The van der Waals surface area contributed by atoms with Crippen LogP contribution in [-0.2, 0) is 0 Å². The summed E-state index contributed by atoms with van der Waals surface area (Å²) in [6.45, 7) is 0. The molecule has 2 heterocycles. The lowest BCUT2D eigenvalue weighted by molar-refractivity contribution is 1.19. The molecule has 3 aromatic rings. The lowest BCUT2D eigenvalue weighted by Gasteiger charge is -2.06. The van der Waals surface area contributed by atoms with E-state index in [9.17, 15) is 0 Å². The Morgan fingerprint density at radius 2 is 1.85 bits per heavy atom. The molecule has 0 unspecified atom stereocenters. The Labute approximate surface area is 130 Å². The van der Waals surface area contributed by atoms with Gasteiger partial charge in [-0.2, -0.15) is 0 Å². The molecule has 0 aliphatic rings. The van der Waals surface area contributed by atoms with E-state index in [4.69, 9.17) is 28.9 Å². The van der Waals surface area contributed by atoms with Gasteiger partial charge < -0.3 is 5.73 Å². The highest BCUT2D eigenvalue weighted by atomic mass is 35.5. The fourth-order valence-electron chi connectivity index (χ4n) is 1.83. The first-order valence-corrected chi connectivity index (χ1v) is 7.35. The number of nitrogen functional groups attached to an aromatic ring is 1. The van der Waals surface area contributed by atoms with E-state index < -0.39 is 0 Å². The molecule has 0 fully saturated rings. The minimum absolute atomic E-state index is 0.473. The summed E-state index contributed by atoms with van der Waals surface area (Å²) in [6, 6.07) is 11.5. The molecule has 0 atom stereocenters. The first kappa shape index (κ1) is 13.4. The Balaban J connectivity index is 2.15. The van der Waals surface area contributed by atoms with Gasteiger partial charge in [-0.1, -0.05) is 53.5 Å². The third-order valence-electron chi connectivity index (χ3n) is 2.76. The van der Waals surface area contributed by atoms with Crippen LogP contribution in [0.25, 0.3) is 22.6 Å². The van der Waals surface area contributed by atoms with Gasteiger partial charge in [-0.05, 0) is 6.07 Å². The number of hydrogen-bond donors (Lipinski definition) is 1. The van der Waals surface area contributed by atoms with Crippen LogP contribution < -0.4 is 5.73 Å². The third kappa shape index (κ3) is 2.50. The van der Waals surface area contributed by atoms with Crippen LogP contribution in [0, 0.1) is 0 Å². The fraction of sp³-hybridized carbons (Fsp3) is 0.